The van der Waals surface area contributed by atoms with E-state index < -0.39 is 5.41 Å². The van der Waals surface area contributed by atoms with E-state index in [1.807, 2.05) is 0 Å². The molecule has 0 radical (unpaired) electrons. The van der Waals surface area contributed by atoms with E-state index in [0.717, 1.165) is 18.2 Å². The normalized spacial score (nSPS) is 22.6. The van der Waals surface area contributed by atoms with E-state index in [2.05, 4.69) is 93.5 Å². The molecular formula is C27H42N2O2. The minimum atomic E-state index is -0.511. The van der Waals surface area contributed by atoms with Gasteiger partial charge in [-0.2, -0.15) is 0 Å². The van der Waals surface area contributed by atoms with Crippen molar-refractivity contribution in [3.63, 3.8) is 0 Å². The van der Waals surface area contributed by atoms with Gasteiger partial charge in [-0.05, 0) is 40.7 Å². The SMILES string of the molecule is CC(Cc1ccc(C(C)(C)C)cc1)(C1=N[C@@H](C(C)(C)C)CO1)C1=N[C@@H](C(C)(C)C)CO1. The molecule has 31 heavy (non-hydrogen) atoms. The highest BCUT2D eigenvalue weighted by Crippen LogP contribution is 2.38. The van der Waals surface area contributed by atoms with E-state index in [-0.39, 0.29) is 28.3 Å². The molecule has 1 aromatic rings. The predicted molar refractivity (Wildman–Crippen MR) is 130 cm³/mol. The van der Waals surface area contributed by atoms with Crippen molar-refractivity contribution in [1.82, 2.24) is 0 Å². The molecule has 0 amide bonds. The van der Waals surface area contributed by atoms with Gasteiger partial charge in [-0.3, -0.25) is 0 Å². The summed E-state index contributed by atoms with van der Waals surface area (Å²) in [5.41, 5.74) is 2.32. The first-order chi connectivity index (χ1) is 14.1. The lowest BCUT2D eigenvalue weighted by molar-refractivity contribution is 0.210. The van der Waals surface area contributed by atoms with E-state index in [4.69, 9.17) is 19.5 Å². The summed E-state index contributed by atoms with van der Waals surface area (Å²) in [5, 5.41) is 0. The summed E-state index contributed by atoms with van der Waals surface area (Å²) in [4.78, 5) is 10.1. The number of hydrogen-bond donors (Lipinski definition) is 0. The molecule has 2 aliphatic heterocycles. The lowest BCUT2D eigenvalue weighted by Gasteiger charge is -2.28. The van der Waals surface area contributed by atoms with Crippen LogP contribution in [0.2, 0.25) is 0 Å². The van der Waals surface area contributed by atoms with Gasteiger partial charge in [0.05, 0.1) is 12.1 Å². The Balaban J connectivity index is 1.98. The zero-order valence-electron chi connectivity index (χ0n) is 21.3. The van der Waals surface area contributed by atoms with Gasteiger partial charge in [0.25, 0.3) is 0 Å². The van der Waals surface area contributed by atoms with Gasteiger partial charge < -0.3 is 9.47 Å². The number of rotatable bonds is 4. The molecule has 1 aromatic carbocycles. The zero-order chi connectivity index (χ0) is 23.2. The summed E-state index contributed by atoms with van der Waals surface area (Å²) >= 11 is 0. The summed E-state index contributed by atoms with van der Waals surface area (Å²) in [6.07, 6.45) is 0.753. The van der Waals surface area contributed by atoms with Crippen molar-refractivity contribution in [3.05, 3.63) is 35.4 Å². The fraction of sp³-hybridized carbons (Fsp3) is 0.704. The van der Waals surface area contributed by atoms with Crippen LogP contribution < -0.4 is 0 Å². The van der Waals surface area contributed by atoms with Gasteiger partial charge in [0.2, 0.25) is 0 Å². The third-order valence-corrected chi connectivity index (χ3v) is 6.62. The molecule has 0 aromatic heterocycles. The van der Waals surface area contributed by atoms with Gasteiger partial charge in [0.15, 0.2) is 11.8 Å². The fourth-order valence-corrected chi connectivity index (χ4v) is 4.01. The van der Waals surface area contributed by atoms with E-state index in [1.54, 1.807) is 0 Å². The number of nitrogens with zero attached hydrogens (tertiary/aromatic N) is 2. The Morgan fingerprint density at radius 3 is 1.45 bits per heavy atom. The topological polar surface area (TPSA) is 43.2 Å². The second-order valence-corrected chi connectivity index (χ2v) is 12.7. The molecule has 2 aliphatic rings. The average Bonchev–Trinajstić information content (AvgIpc) is 3.31. The molecule has 0 bridgehead atoms. The molecule has 0 aliphatic carbocycles. The monoisotopic (exact) mass is 426 g/mol. The molecule has 2 atom stereocenters. The Kier molecular flexibility index (Phi) is 6.10. The van der Waals surface area contributed by atoms with Gasteiger partial charge in [0.1, 0.15) is 18.6 Å². The molecule has 0 saturated carbocycles. The molecule has 0 fully saturated rings. The maximum atomic E-state index is 6.23. The van der Waals surface area contributed by atoms with Gasteiger partial charge in [-0.15, -0.1) is 0 Å². The second kappa shape index (κ2) is 7.94. The third-order valence-electron chi connectivity index (χ3n) is 6.62. The molecular weight excluding hydrogens is 384 g/mol. The second-order valence-electron chi connectivity index (χ2n) is 12.7. The van der Waals surface area contributed by atoms with Crippen molar-refractivity contribution >= 4 is 11.8 Å². The molecule has 0 spiro atoms. The Bertz CT molecular complexity index is 805. The molecule has 2 heterocycles. The standard InChI is InChI=1S/C27H42N2O2/c1-24(2,3)19-13-11-18(12-14-19)15-27(10,22-28-20(16-30-22)25(4,5)6)23-29-21(17-31-23)26(7,8)9/h11-14,20-21H,15-17H2,1-10H3/t20-,21-/m1/s1. The van der Waals surface area contributed by atoms with E-state index >= 15 is 0 Å². The third kappa shape index (κ3) is 5.15. The quantitative estimate of drug-likeness (QED) is 0.573. The van der Waals surface area contributed by atoms with E-state index in [9.17, 15) is 0 Å². The molecule has 0 saturated heterocycles. The van der Waals surface area contributed by atoms with Crippen LogP contribution >= 0.6 is 0 Å². The van der Waals surface area contributed by atoms with Crippen LogP contribution in [0, 0.1) is 16.2 Å². The molecule has 4 nitrogen and oxygen atoms in total. The Morgan fingerprint density at radius 1 is 0.710 bits per heavy atom. The Morgan fingerprint density at radius 2 is 1.13 bits per heavy atom. The van der Waals surface area contributed by atoms with Crippen molar-refractivity contribution in [1.29, 1.82) is 0 Å². The number of benzene rings is 1. The van der Waals surface area contributed by atoms with Crippen molar-refractivity contribution < 1.29 is 9.47 Å². The summed E-state index contributed by atoms with van der Waals surface area (Å²) in [6.45, 7) is 23.5. The largest absolute Gasteiger partial charge is 0.478 e. The van der Waals surface area contributed by atoms with Crippen LogP contribution in [0.15, 0.2) is 34.3 Å². The first-order valence-corrected chi connectivity index (χ1v) is 11.6. The van der Waals surface area contributed by atoms with Crippen molar-refractivity contribution in [2.75, 3.05) is 13.2 Å². The molecule has 4 heteroatoms. The number of aliphatic imine (C=N–C) groups is 2. The first-order valence-electron chi connectivity index (χ1n) is 11.6. The van der Waals surface area contributed by atoms with Crippen LogP contribution in [0.3, 0.4) is 0 Å². The van der Waals surface area contributed by atoms with Crippen LogP contribution in [0.1, 0.15) is 80.4 Å². The van der Waals surface area contributed by atoms with Gasteiger partial charge in [-0.25, -0.2) is 9.98 Å². The average molecular weight is 427 g/mol. The van der Waals surface area contributed by atoms with Crippen LogP contribution in [-0.4, -0.2) is 37.1 Å². The lowest BCUT2D eigenvalue weighted by Crippen LogP contribution is -2.39. The highest BCUT2D eigenvalue weighted by atomic mass is 16.5. The van der Waals surface area contributed by atoms with Gasteiger partial charge in [0, 0.05) is 0 Å². The molecule has 0 unspecified atom stereocenters. The number of ether oxygens (including phenoxy) is 2. The van der Waals surface area contributed by atoms with E-state index in [0.29, 0.717) is 13.2 Å². The van der Waals surface area contributed by atoms with Gasteiger partial charge >= 0.3 is 0 Å². The maximum Gasteiger partial charge on any atom is 0.199 e. The number of hydrogen-bond acceptors (Lipinski definition) is 4. The highest BCUT2D eigenvalue weighted by molar-refractivity contribution is 6.06. The maximum absolute atomic E-state index is 6.23. The van der Waals surface area contributed by atoms with Crippen LogP contribution in [0.4, 0.5) is 0 Å². The fourth-order valence-electron chi connectivity index (χ4n) is 4.01. The van der Waals surface area contributed by atoms with Crippen molar-refractivity contribution in [2.24, 2.45) is 26.2 Å². The smallest absolute Gasteiger partial charge is 0.199 e. The summed E-state index contributed by atoms with van der Waals surface area (Å²) in [7, 11) is 0. The summed E-state index contributed by atoms with van der Waals surface area (Å²) in [6, 6.07) is 9.22. The molecule has 0 N–H and O–H groups in total. The first kappa shape index (κ1) is 23.8. The van der Waals surface area contributed by atoms with Gasteiger partial charge in [-0.1, -0.05) is 86.6 Å². The highest BCUT2D eigenvalue weighted by Gasteiger charge is 2.47. The zero-order valence-corrected chi connectivity index (χ0v) is 21.3. The lowest BCUT2D eigenvalue weighted by atomic mass is 9.81. The molecule has 3 rings (SSSR count). The van der Waals surface area contributed by atoms with Crippen LogP contribution in [0.5, 0.6) is 0 Å². The van der Waals surface area contributed by atoms with E-state index in [1.165, 1.54) is 11.1 Å². The minimum absolute atomic E-state index is 0.0588. The van der Waals surface area contributed by atoms with Crippen molar-refractivity contribution in [3.8, 4) is 0 Å². The Labute approximate surface area is 189 Å². The van der Waals surface area contributed by atoms with Crippen LogP contribution in [0.25, 0.3) is 0 Å². The summed E-state index contributed by atoms with van der Waals surface area (Å²) in [5.74, 6) is 1.53. The molecule has 172 valence electrons. The predicted octanol–water partition coefficient (Wildman–Crippen LogP) is 6.22. The minimum Gasteiger partial charge on any atom is -0.478 e. The van der Waals surface area contributed by atoms with Crippen molar-refractivity contribution in [2.45, 2.75) is 93.2 Å². The Hall–Kier alpha value is -1.84. The summed E-state index contributed by atoms with van der Waals surface area (Å²) < 4.78 is 12.5. The van der Waals surface area contributed by atoms with Crippen LogP contribution in [-0.2, 0) is 21.3 Å².